The number of ether oxygens (including phenoxy) is 1. The van der Waals surface area contributed by atoms with Gasteiger partial charge in [-0.2, -0.15) is 0 Å². The van der Waals surface area contributed by atoms with E-state index in [2.05, 4.69) is 11.4 Å². The average Bonchev–Trinajstić information content (AvgIpc) is 3.05. The maximum Gasteiger partial charge on any atom is 0.287 e. The molecule has 1 amide bonds. The molecule has 1 aliphatic heterocycles. The molecule has 0 unspecified atom stereocenters. The highest BCUT2D eigenvalue weighted by Crippen LogP contribution is 2.41. The maximum atomic E-state index is 12.9. The first-order chi connectivity index (χ1) is 13.9. The van der Waals surface area contributed by atoms with E-state index in [1.165, 1.54) is 18.4 Å². The Hall–Kier alpha value is -2.56. The fourth-order valence-electron chi connectivity index (χ4n) is 4.38. The largest absolute Gasteiger partial charge is 0.486 e. The second kappa shape index (κ2) is 7.69. The molecule has 0 saturated heterocycles. The van der Waals surface area contributed by atoms with Crippen LogP contribution in [0.3, 0.4) is 0 Å². The molecule has 0 fully saturated rings. The van der Waals surface area contributed by atoms with Crippen molar-refractivity contribution in [3.05, 3.63) is 40.7 Å². The van der Waals surface area contributed by atoms with Gasteiger partial charge in [-0.25, -0.2) is 0 Å². The number of fused-ring (bicyclic) bond motifs is 3. The molecule has 2 aliphatic rings. The van der Waals surface area contributed by atoms with Crippen molar-refractivity contribution >= 4 is 22.7 Å². The van der Waals surface area contributed by atoms with E-state index in [1.54, 1.807) is 12.1 Å². The normalized spacial score (nSPS) is 21.5. The van der Waals surface area contributed by atoms with Crippen LogP contribution in [0.25, 0.3) is 11.0 Å². The number of carbonyl (C=O) groups excluding carboxylic acids is 2. The lowest BCUT2D eigenvalue weighted by atomic mass is 9.87. The number of Topliss-reactive ketones (excluding diaryl/α,β-unsaturated/α-hetero) is 1. The highest BCUT2D eigenvalue weighted by Gasteiger charge is 2.37. The van der Waals surface area contributed by atoms with Crippen molar-refractivity contribution in [3.8, 4) is 5.75 Å². The molecule has 154 valence electrons. The lowest BCUT2D eigenvalue weighted by molar-refractivity contribution is 0.0503. The van der Waals surface area contributed by atoms with Gasteiger partial charge in [0.15, 0.2) is 11.5 Å². The van der Waals surface area contributed by atoms with Crippen LogP contribution < -0.4 is 10.1 Å². The molecule has 4 rings (SSSR count). The van der Waals surface area contributed by atoms with Crippen LogP contribution >= 0.6 is 0 Å². The van der Waals surface area contributed by atoms with Gasteiger partial charge >= 0.3 is 0 Å². The third-order valence-electron chi connectivity index (χ3n) is 6.30. The maximum absolute atomic E-state index is 12.9. The Bertz CT molecular complexity index is 1000. The van der Waals surface area contributed by atoms with E-state index in [-0.39, 0.29) is 17.5 Å². The van der Waals surface area contributed by atoms with Crippen LogP contribution in [0.4, 0.5) is 0 Å². The quantitative estimate of drug-likeness (QED) is 0.679. The lowest BCUT2D eigenvalue weighted by Crippen LogP contribution is -2.38. The summed E-state index contributed by atoms with van der Waals surface area (Å²) in [6, 6.07) is 3.57. The zero-order valence-electron chi connectivity index (χ0n) is 17.5. The zero-order chi connectivity index (χ0) is 20.6. The summed E-state index contributed by atoms with van der Waals surface area (Å²) in [5.74, 6) is 0.675. The molecule has 0 radical (unpaired) electrons. The van der Waals surface area contributed by atoms with Crippen molar-refractivity contribution in [2.45, 2.75) is 71.3 Å². The number of hydrogen-bond donors (Lipinski definition) is 1. The Balaban J connectivity index is 1.58. The van der Waals surface area contributed by atoms with Crippen molar-refractivity contribution in [2.24, 2.45) is 0 Å². The molecular formula is C24H29NO4. The summed E-state index contributed by atoms with van der Waals surface area (Å²) >= 11 is 0. The van der Waals surface area contributed by atoms with E-state index >= 15 is 0 Å². The number of ketones is 1. The Morgan fingerprint density at radius 2 is 2.10 bits per heavy atom. The molecule has 1 aliphatic carbocycles. The second-order valence-corrected chi connectivity index (χ2v) is 8.49. The summed E-state index contributed by atoms with van der Waals surface area (Å²) in [6.07, 6.45) is 9.03. The molecular weight excluding hydrogens is 366 g/mol. The van der Waals surface area contributed by atoms with Crippen molar-refractivity contribution in [1.29, 1.82) is 0 Å². The van der Waals surface area contributed by atoms with Gasteiger partial charge in [-0.05, 0) is 64.5 Å². The molecule has 5 heteroatoms. The van der Waals surface area contributed by atoms with Gasteiger partial charge in [0.2, 0.25) is 0 Å². The second-order valence-electron chi connectivity index (χ2n) is 8.49. The number of rotatable bonds is 5. The van der Waals surface area contributed by atoms with Crippen molar-refractivity contribution < 1.29 is 18.7 Å². The Labute approximate surface area is 171 Å². The van der Waals surface area contributed by atoms with Gasteiger partial charge in [0.1, 0.15) is 16.9 Å². The number of nitrogens with one attached hydrogen (secondary N) is 1. The summed E-state index contributed by atoms with van der Waals surface area (Å²) < 4.78 is 12.0. The van der Waals surface area contributed by atoms with Gasteiger partial charge in [0.05, 0.1) is 12.0 Å². The van der Waals surface area contributed by atoms with E-state index in [0.717, 1.165) is 25.7 Å². The number of hydrogen-bond acceptors (Lipinski definition) is 4. The average molecular weight is 395 g/mol. The molecule has 2 heterocycles. The first-order valence-electron chi connectivity index (χ1n) is 10.7. The summed E-state index contributed by atoms with van der Waals surface area (Å²) in [7, 11) is 0. The fourth-order valence-corrected chi connectivity index (χ4v) is 4.38. The van der Waals surface area contributed by atoms with Crippen LogP contribution in [0.5, 0.6) is 5.75 Å². The first kappa shape index (κ1) is 19.7. The molecule has 0 spiro atoms. The molecule has 1 aromatic heterocycles. The summed E-state index contributed by atoms with van der Waals surface area (Å²) in [4.78, 5) is 25.7. The third-order valence-corrected chi connectivity index (χ3v) is 6.30. The number of benzene rings is 1. The standard InChI is InChI=1S/C24H29NO4/c1-4-24(3)14-17(26)21-19(29-24)11-10-18-20(21)15(2)22(28-18)23(27)25-13-12-16-8-6-5-7-9-16/h8,10-11H,4-7,9,12-14H2,1-3H3,(H,25,27)/t24-/m0/s1. The lowest BCUT2D eigenvalue weighted by Gasteiger charge is -2.34. The smallest absolute Gasteiger partial charge is 0.287 e. The number of allylic oxidation sites excluding steroid dienone is 1. The van der Waals surface area contributed by atoms with Crippen LogP contribution in [0.2, 0.25) is 0 Å². The van der Waals surface area contributed by atoms with E-state index < -0.39 is 5.60 Å². The first-order valence-corrected chi connectivity index (χ1v) is 10.7. The van der Waals surface area contributed by atoms with Crippen molar-refractivity contribution in [1.82, 2.24) is 5.32 Å². The minimum absolute atomic E-state index is 0.0429. The summed E-state index contributed by atoms with van der Waals surface area (Å²) in [5, 5.41) is 3.67. The highest BCUT2D eigenvalue weighted by atomic mass is 16.5. The third kappa shape index (κ3) is 3.70. The van der Waals surface area contributed by atoms with Crippen LogP contribution in [0, 0.1) is 6.92 Å². The van der Waals surface area contributed by atoms with Crippen molar-refractivity contribution in [3.63, 3.8) is 0 Å². The molecule has 5 nitrogen and oxygen atoms in total. The molecule has 29 heavy (non-hydrogen) atoms. The van der Waals surface area contributed by atoms with Gasteiger partial charge in [-0.1, -0.05) is 18.6 Å². The SMILES string of the molecule is CC[C@@]1(C)CC(=O)c2c(ccc3oc(C(=O)NCCC4=CCCCC4)c(C)c23)O1. The highest BCUT2D eigenvalue weighted by molar-refractivity contribution is 6.13. The number of amides is 1. The minimum Gasteiger partial charge on any atom is -0.486 e. The fraction of sp³-hybridized carbons (Fsp3) is 0.500. The molecule has 1 aromatic carbocycles. The van der Waals surface area contributed by atoms with E-state index in [0.29, 0.717) is 40.8 Å². The molecule has 0 bridgehead atoms. The van der Waals surface area contributed by atoms with Gasteiger partial charge in [-0.3, -0.25) is 9.59 Å². The summed E-state index contributed by atoms with van der Waals surface area (Å²) in [5.41, 5.74) is 2.74. The minimum atomic E-state index is -0.483. The Morgan fingerprint density at radius 3 is 2.83 bits per heavy atom. The number of carbonyl (C=O) groups is 2. The summed E-state index contributed by atoms with van der Waals surface area (Å²) in [6.45, 7) is 6.41. The van der Waals surface area contributed by atoms with E-state index in [4.69, 9.17) is 9.15 Å². The monoisotopic (exact) mass is 395 g/mol. The van der Waals surface area contributed by atoms with Crippen LogP contribution in [0.15, 0.2) is 28.2 Å². The Kier molecular flexibility index (Phi) is 5.24. The molecule has 1 atom stereocenters. The van der Waals surface area contributed by atoms with Gasteiger partial charge in [0.25, 0.3) is 5.91 Å². The number of aryl methyl sites for hydroxylation is 1. The van der Waals surface area contributed by atoms with E-state index in [9.17, 15) is 9.59 Å². The van der Waals surface area contributed by atoms with Gasteiger partial charge in [-0.15, -0.1) is 0 Å². The van der Waals surface area contributed by atoms with Crippen LogP contribution in [0.1, 0.15) is 85.3 Å². The molecule has 2 aromatic rings. The molecule has 1 N–H and O–H groups in total. The Morgan fingerprint density at radius 1 is 1.28 bits per heavy atom. The van der Waals surface area contributed by atoms with Crippen LogP contribution in [-0.2, 0) is 0 Å². The predicted octanol–water partition coefficient (Wildman–Crippen LogP) is 5.50. The van der Waals surface area contributed by atoms with Gasteiger partial charge < -0.3 is 14.5 Å². The zero-order valence-corrected chi connectivity index (χ0v) is 17.5. The number of furan rings is 1. The molecule has 0 saturated carbocycles. The van der Waals surface area contributed by atoms with Crippen LogP contribution in [-0.4, -0.2) is 23.8 Å². The predicted molar refractivity (Wildman–Crippen MR) is 113 cm³/mol. The van der Waals surface area contributed by atoms with Gasteiger partial charge in [0, 0.05) is 17.5 Å². The van der Waals surface area contributed by atoms with Crippen molar-refractivity contribution in [2.75, 3.05) is 6.54 Å². The van der Waals surface area contributed by atoms with E-state index in [1.807, 2.05) is 20.8 Å². The topological polar surface area (TPSA) is 68.5 Å².